The average molecular weight is 353 g/mol. The van der Waals surface area contributed by atoms with Crippen LogP contribution in [0.15, 0.2) is 54.6 Å². The molecule has 5 nitrogen and oxygen atoms in total. The lowest BCUT2D eigenvalue weighted by Crippen LogP contribution is -2.39. The maximum Gasteiger partial charge on any atom is 0.317 e. The van der Waals surface area contributed by atoms with E-state index in [-0.39, 0.29) is 6.03 Å². The van der Waals surface area contributed by atoms with E-state index in [9.17, 15) is 4.79 Å². The fraction of sp³-hybridized carbons (Fsp3) is 0.381. The molecule has 3 rings (SSSR count). The number of carbonyl (C=O) groups excluding carboxylic acids is 1. The van der Waals surface area contributed by atoms with Crippen molar-refractivity contribution in [1.29, 1.82) is 0 Å². The number of methoxy groups -OCH3 is 1. The lowest BCUT2D eigenvalue weighted by atomic mass is 10.1. The Labute approximate surface area is 155 Å². The minimum atomic E-state index is -0.0197. The summed E-state index contributed by atoms with van der Waals surface area (Å²) < 4.78 is 5.31. The van der Waals surface area contributed by atoms with Gasteiger partial charge in [0.1, 0.15) is 5.75 Å². The number of hydrogen-bond acceptors (Lipinski definition) is 3. The molecule has 1 N–H and O–H groups in total. The van der Waals surface area contributed by atoms with E-state index in [0.29, 0.717) is 19.0 Å². The molecule has 5 heteroatoms. The van der Waals surface area contributed by atoms with Crippen molar-refractivity contribution in [2.24, 2.45) is 5.92 Å². The molecule has 0 radical (unpaired) electrons. The second kappa shape index (κ2) is 8.61. The molecule has 0 aliphatic carbocycles. The quantitative estimate of drug-likeness (QED) is 0.866. The van der Waals surface area contributed by atoms with Crippen LogP contribution in [-0.4, -0.2) is 44.7 Å². The van der Waals surface area contributed by atoms with Gasteiger partial charge >= 0.3 is 6.03 Å². The second-order valence-corrected chi connectivity index (χ2v) is 6.83. The van der Waals surface area contributed by atoms with Gasteiger partial charge in [0.25, 0.3) is 0 Å². The topological polar surface area (TPSA) is 44.8 Å². The van der Waals surface area contributed by atoms with Crippen LogP contribution in [0.3, 0.4) is 0 Å². The van der Waals surface area contributed by atoms with Gasteiger partial charge in [0.15, 0.2) is 0 Å². The van der Waals surface area contributed by atoms with Gasteiger partial charge in [-0.05, 0) is 30.0 Å². The van der Waals surface area contributed by atoms with E-state index in [1.54, 1.807) is 12.0 Å². The molecular weight excluding hydrogens is 326 g/mol. The monoisotopic (exact) mass is 353 g/mol. The lowest BCUT2D eigenvalue weighted by molar-refractivity contribution is 0.205. The summed E-state index contributed by atoms with van der Waals surface area (Å²) in [6, 6.07) is 18.2. The number of nitrogens with one attached hydrogen (secondary N) is 1. The number of urea groups is 1. The Kier molecular flexibility index (Phi) is 6.00. The van der Waals surface area contributed by atoms with E-state index in [4.69, 9.17) is 4.74 Å². The van der Waals surface area contributed by atoms with Crippen molar-refractivity contribution in [2.75, 3.05) is 38.7 Å². The van der Waals surface area contributed by atoms with Crippen LogP contribution in [0.25, 0.3) is 0 Å². The number of nitrogens with zero attached hydrogens (tertiary/aromatic N) is 2. The van der Waals surface area contributed by atoms with Crippen molar-refractivity contribution < 1.29 is 9.53 Å². The second-order valence-electron chi connectivity index (χ2n) is 6.83. The summed E-state index contributed by atoms with van der Waals surface area (Å²) >= 11 is 0. The third-order valence-corrected chi connectivity index (χ3v) is 4.86. The fourth-order valence-corrected chi connectivity index (χ4v) is 3.34. The van der Waals surface area contributed by atoms with Crippen LogP contribution in [0.1, 0.15) is 12.0 Å². The minimum absolute atomic E-state index is 0.0197. The number of carbonyl (C=O) groups is 1. The van der Waals surface area contributed by atoms with Crippen LogP contribution >= 0.6 is 0 Å². The van der Waals surface area contributed by atoms with Crippen LogP contribution in [0, 0.1) is 5.92 Å². The molecule has 138 valence electrons. The number of amides is 2. The van der Waals surface area contributed by atoms with E-state index >= 15 is 0 Å². The first kappa shape index (κ1) is 18.1. The average Bonchev–Trinajstić information content (AvgIpc) is 3.16. The van der Waals surface area contributed by atoms with Crippen molar-refractivity contribution in [2.45, 2.75) is 13.0 Å². The predicted molar refractivity (Wildman–Crippen MR) is 105 cm³/mol. The standard InChI is InChI=1S/C21H27N3O2/c1-23(15-17-7-4-3-5-8-17)21(25)22-14-18-11-12-24(16-18)19-9-6-10-20(13-19)26-2/h3-10,13,18H,11-12,14-16H2,1-2H3,(H,22,25). The summed E-state index contributed by atoms with van der Waals surface area (Å²) in [5.74, 6) is 1.34. The van der Waals surface area contributed by atoms with E-state index in [2.05, 4.69) is 22.3 Å². The van der Waals surface area contributed by atoms with Gasteiger partial charge in [0, 0.05) is 45.0 Å². The zero-order valence-electron chi connectivity index (χ0n) is 15.5. The number of hydrogen-bond donors (Lipinski definition) is 1. The molecule has 1 saturated heterocycles. The summed E-state index contributed by atoms with van der Waals surface area (Å²) in [6.45, 7) is 3.29. The van der Waals surface area contributed by atoms with Gasteiger partial charge in [0.2, 0.25) is 0 Å². The first-order valence-electron chi connectivity index (χ1n) is 9.07. The van der Waals surface area contributed by atoms with Crippen molar-refractivity contribution in [3.05, 3.63) is 60.2 Å². The van der Waals surface area contributed by atoms with Gasteiger partial charge in [-0.15, -0.1) is 0 Å². The van der Waals surface area contributed by atoms with Crippen molar-refractivity contribution in [1.82, 2.24) is 10.2 Å². The molecule has 1 aliphatic rings. The summed E-state index contributed by atoms with van der Waals surface area (Å²) in [5.41, 5.74) is 2.31. The molecule has 0 spiro atoms. The van der Waals surface area contributed by atoms with Gasteiger partial charge in [-0.25, -0.2) is 4.79 Å². The largest absolute Gasteiger partial charge is 0.497 e. The smallest absolute Gasteiger partial charge is 0.317 e. The molecule has 1 fully saturated rings. The highest BCUT2D eigenvalue weighted by Gasteiger charge is 2.23. The number of ether oxygens (including phenoxy) is 1. The Hall–Kier alpha value is -2.69. The third-order valence-electron chi connectivity index (χ3n) is 4.86. The van der Waals surface area contributed by atoms with Gasteiger partial charge in [-0.1, -0.05) is 36.4 Å². The predicted octanol–water partition coefficient (Wildman–Crippen LogP) is 3.36. The molecule has 1 aliphatic heterocycles. The summed E-state index contributed by atoms with van der Waals surface area (Å²) in [5, 5.41) is 3.07. The summed E-state index contributed by atoms with van der Waals surface area (Å²) in [4.78, 5) is 16.4. The Balaban J connectivity index is 1.46. The normalized spacial score (nSPS) is 16.4. The van der Waals surface area contributed by atoms with Crippen molar-refractivity contribution in [3.8, 4) is 5.75 Å². The number of rotatable bonds is 6. The molecule has 2 aromatic rings. The van der Waals surface area contributed by atoms with E-state index in [0.717, 1.165) is 30.8 Å². The molecule has 1 heterocycles. The Morgan fingerprint density at radius 1 is 1.23 bits per heavy atom. The van der Waals surface area contributed by atoms with Crippen LogP contribution in [-0.2, 0) is 6.54 Å². The lowest BCUT2D eigenvalue weighted by Gasteiger charge is -2.21. The molecular formula is C21H27N3O2. The fourth-order valence-electron chi connectivity index (χ4n) is 3.34. The molecule has 2 amide bonds. The highest BCUT2D eigenvalue weighted by atomic mass is 16.5. The summed E-state index contributed by atoms with van der Waals surface area (Å²) in [7, 11) is 3.52. The van der Waals surface area contributed by atoms with E-state index in [1.165, 1.54) is 5.69 Å². The van der Waals surface area contributed by atoms with Crippen molar-refractivity contribution in [3.63, 3.8) is 0 Å². The molecule has 26 heavy (non-hydrogen) atoms. The van der Waals surface area contributed by atoms with Crippen LogP contribution in [0.2, 0.25) is 0 Å². The van der Waals surface area contributed by atoms with Crippen LogP contribution in [0.4, 0.5) is 10.5 Å². The van der Waals surface area contributed by atoms with Gasteiger partial charge in [0.05, 0.1) is 7.11 Å². The molecule has 0 saturated carbocycles. The van der Waals surface area contributed by atoms with Crippen LogP contribution < -0.4 is 15.0 Å². The third kappa shape index (κ3) is 4.69. The Morgan fingerprint density at radius 3 is 2.81 bits per heavy atom. The maximum atomic E-state index is 12.3. The zero-order chi connectivity index (χ0) is 18.4. The first-order valence-corrected chi connectivity index (χ1v) is 9.07. The zero-order valence-corrected chi connectivity index (χ0v) is 15.5. The first-order chi connectivity index (χ1) is 12.7. The number of anilines is 1. The van der Waals surface area contributed by atoms with Crippen molar-refractivity contribution >= 4 is 11.7 Å². The highest BCUT2D eigenvalue weighted by molar-refractivity contribution is 5.73. The molecule has 1 unspecified atom stereocenters. The van der Waals surface area contributed by atoms with Gasteiger partial charge in [-0.2, -0.15) is 0 Å². The SMILES string of the molecule is COc1cccc(N2CCC(CNC(=O)N(C)Cc3ccccc3)C2)c1. The Bertz CT molecular complexity index is 720. The maximum absolute atomic E-state index is 12.3. The van der Waals surface area contributed by atoms with Gasteiger partial charge in [-0.3, -0.25) is 0 Å². The van der Waals surface area contributed by atoms with Crippen LogP contribution in [0.5, 0.6) is 5.75 Å². The van der Waals surface area contributed by atoms with E-state index < -0.39 is 0 Å². The number of benzene rings is 2. The van der Waals surface area contributed by atoms with Gasteiger partial charge < -0.3 is 19.9 Å². The molecule has 0 aromatic heterocycles. The minimum Gasteiger partial charge on any atom is -0.497 e. The highest BCUT2D eigenvalue weighted by Crippen LogP contribution is 2.26. The molecule has 2 aromatic carbocycles. The molecule has 0 bridgehead atoms. The summed E-state index contributed by atoms with van der Waals surface area (Å²) in [6.07, 6.45) is 1.08. The molecule has 1 atom stereocenters. The van der Waals surface area contributed by atoms with E-state index in [1.807, 2.05) is 49.5 Å². The Morgan fingerprint density at radius 2 is 2.04 bits per heavy atom.